The van der Waals surface area contributed by atoms with Gasteiger partial charge in [0.15, 0.2) is 0 Å². The first-order valence-corrected chi connectivity index (χ1v) is 8.91. The van der Waals surface area contributed by atoms with Gasteiger partial charge in [-0.25, -0.2) is 0 Å². The van der Waals surface area contributed by atoms with Gasteiger partial charge in [-0.1, -0.05) is 12.1 Å². The number of amides is 1. The minimum Gasteiger partial charge on any atom is -0.466 e. The lowest BCUT2D eigenvalue weighted by molar-refractivity contribution is -0.150. The van der Waals surface area contributed by atoms with Gasteiger partial charge >= 0.3 is 5.97 Å². The van der Waals surface area contributed by atoms with E-state index >= 15 is 0 Å². The van der Waals surface area contributed by atoms with Gasteiger partial charge in [0.05, 0.1) is 19.1 Å². The smallest absolute Gasteiger partial charge is 0.310 e. The number of hydrogen-bond donors (Lipinski definition) is 1. The fourth-order valence-electron chi connectivity index (χ4n) is 3.02. The molecule has 2 rings (SSSR count). The van der Waals surface area contributed by atoms with Crippen molar-refractivity contribution >= 4 is 17.6 Å². The lowest BCUT2D eigenvalue weighted by Crippen LogP contribution is -2.44. The van der Waals surface area contributed by atoms with Gasteiger partial charge in [-0.15, -0.1) is 0 Å². The highest BCUT2D eigenvalue weighted by atomic mass is 16.5. The van der Waals surface area contributed by atoms with Gasteiger partial charge in [-0.05, 0) is 44.0 Å². The van der Waals surface area contributed by atoms with E-state index in [9.17, 15) is 9.59 Å². The standard InChI is InChI=1S/C19H29N3O3/c1-4-25-19(24)16-6-5-11-22(13-16)14-18(23)20-12-15-7-9-17(10-8-15)21(2)3/h7-10,16H,4-6,11-14H2,1-3H3,(H,20,23)/t16-/m1/s1. The van der Waals surface area contributed by atoms with E-state index in [1.54, 1.807) is 0 Å². The molecule has 0 spiro atoms. The molecule has 6 nitrogen and oxygen atoms in total. The molecule has 0 aromatic heterocycles. The number of nitrogens with zero attached hydrogens (tertiary/aromatic N) is 2. The van der Waals surface area contributed by atoms with Crippen LogP contribution in [0.3, 0.4) is 0 Å². The van der Waals surface area contributed by atoms with E-state index < -0.39 is 0 Å². The zero-order chi connectivity index (χ0) is 18.2. The molecule has 1 aromatic carbocycles. The number of nitrogens with one attached hydrogen (secondary N) is 1. The molecule has 1 heterocycles. The molecule has 0 unspecified atom stereocenters. The van der Waals surface area contributed by atoms with Crippen LogP contribution in [0.1, 0.15) is 25.3 Å². The third-order valence-corrected chi connectivity index (χ3v) is 4.44. The first-order valence-electron chi connectivity index (χ1n) is 8.91. The molecule has 1 aliphatic rings. The average molecular weight is 347 g/mol. The van der Waals surface area contributed by atoms with Crippen LogP contribution in [0.25, 0.3) is 0 Å². The molecule has 1 N–H and O–H groups in total. The number of piperidine rings is 1. The van der Waals surface area contributed by atoms with Gasteiger partial charge in [-0.2, -0.15) is 0 Å². The normalized spacial score (nSPS) is 17.8. The molecule has 1 aromatic rings. The molecule has 0 bridgehead atoms. The van der Waals surface area contributed by atoms with E-state index in [2.05, 4.69) is 5.32 Å². The summed E-state index contributed by atoms with van der Waals surface area (Å²) in [6.45, 7) is 4.51. The lowest BCUT2D eigenvalue weighted by atomic mass is 9.98. The van der Waals surface area contributed by atoms with Crippen molar-refractivity contribution in [3.05, 3.63) is 29.8 Å². The van der Waals surface area contributed by atoms with Crippen molar-refractivity contribution in [3.63, 3.8) is 0 Å². The zero-order valence-corrected chi connectivity index (χ0v) is 15.5. The summed E-state index contributed by atoms with van der Waals surface area (Å²) in [6, 6.07) is 8.12. The Bertz CT molecular complexity index is 572. The molecule has 1 aliphatic heterocycles. The van der Waals surface area contributed by atoms with Crippen LogP contribution < -0.4 is 10.2 Å². The largest absolute Gasteiger partial charge is 0.466 e. The van der Waals surface area contributed by atoms with Crippen LogP contribution in [-0.4, -0.2) is 57.1 Å². The summed E-state index contributed by atoms with van der Waals surface area (Å²) in [5.74, 6) is -0.269. The first-order chi connectivity index (χ1) is 12.0. The Hall–Kier alpha value is -2.08. The van der Waals surface area contributed by atoms with Crippen molar-refractivity contribution in [1.82, 2.24) is 10.2 Å². The van der Waals surface area contributed by atoms with E-state index in [1.807, 2.05) is 55.1 Å². The number of carbonyl (C=O) groups excluding carboxylic acids is 2. The molecule has 1 saturated heterocycles. The summed E-state index contributed by atoms with van der Waals surface area (Å²) < 4.78 is 5.10. The molecule has 25 heavy (non-hydrogen) atoms. The Labute approximate surface area is 150 Å². The number of ether oxygens (including phenoxy) is 1. The number of anilines is 1. The van der Waals surface area contributed by atoms with Crippen molar-refractivity contribution in [2.75, 3.05) is 45.2 Å². The fourth-order valence-corrected chi connectivity index (χ4v) is 3.02. The van der Waals surface area contributed by atoms with E-state index in [-0.39, 0.29) is 17.8 Å². The van der Waals surface area contributed by atoms with Gasteiger partial charge in [-0.3, -0.25) is 14.5 Å². The second kappa shape index (κ2) is 9.42. The lowest BCUT2D eigenvalue weighted by Gasteiger charge is -2.30. The quantitative estimate of drug-likeness (QED) is 0.760. The molecule has 1 amide bonds. The minimum absolute atomic E-state index is 0.0128. The van der Waals surface area contributed by atoms with Crippen molar-refractivity contribution in [2.45, 2.75) is 26.3 Å². The third kappa shape index (κ3) is 6.05. The SMILES string of the molecule is CCOC(=O)[C@@H]1CCCN(CC(=O)NCc2ccc(N(C)C)cc2)C1. The number of likely N-dealkylation sites (tertiary alicyclic amines) is 1. The molecular formula is C19H29N3O3. The Morgan fingerprint density at radius 3 is 2.64 bits per heavy atom. The zero-order valence-electron chi connectivity index (χ0n) is 15.5. The molecule has 1 fully saturated rings. The predicted octanol–water partition coefficient (Wildman–Crippen LogP) is 1.64. The van der Waals surface area contributed by atoms with Crippen LogP contribution in [0, 0.1) is 5.92 Å². The van der Waals surface area contributed by atoms with Gasteiger partial charge in [0.2, 0.25) is 5.91 Å². The number of rotatable bonds is 7. The molecule has 138 valence electrons. The second-order valence-electron chi connectivity index (χ2n) is 6.66. The Morgan fingerprint density at radius 1 is 1.28 bits per heavy atom. The maximum absolute atomic E-state index is 12.2. The van der Waals surface area contributed by atoms with Crippen LogP contribution in [0.5, 0.6) is 0 Å². The van der Waals surface area contributed by atoms with Crippen molar-refractivity contribution < 1.29 is 14.3 Å². The van der Waals surface area contributed by atoms with E-state index in [1.165, 1.54) is 0 Å². The number of esters is 1. The van der Waals surface area contributed by atoms with E-state index in [0.29, 0.717) is 26.2 Å². The topological polar surface area (TPSA) is 61.9 Å². The highest BCUT2D eigenvalue weighted by Gasteiger charge is 2.27. The fraction of sp³-hybridized carbons (Fsp3) is 0.579. The first kappa shape index (κ1) is 19.2. The van der Waals surface area contributed by atoms with Crippen LogP contribution in [0.4, 0.5) is 5.69 Å². The van der Waals surface area contributed by atoms with Crippen LogP contribution in [0.2, 0.25) is 0 Å². The van der Waals surface area contributed by atoms with E-state index in [4.69, 9.17) is 4.74 Å². The van der Waals surface area contributed by atoms with Gasteiger partial charge < -0.3 is 15.0 Å². The summed E-state index contributed by atoms with van der Waals surface area (Å²) in [6.07, 6.45) is 1.76. The monoisotopic (exact) mass is 347 g/mol. The summed E-state index contributed by atoms with van der Waals surface area (Å²) in [5, 5.41) is 2.95. The molecule has 0 saturated carbocycles. The Balaban J connectivity index is 1.76. The molecule has 6 heteroatoms. The number of hydrogen-bond acceptors (Lipinski definition) is 5. The maximum Gasteiger partial charge on any atom is 0.310 e. The van der Waals surface area contributed by atoms with Gasteiger partial charge in [0.25, 0.3) is 0 Å². The van der Waals surface area contributed by atoms with Crippen LogP contribution in [-0.2, 0) is 20.9 Å². The predicted molar refractivity (Wildman–Crippen MR) is 98.4 cm³/mol. The van der Waals surface area contributed by atoms with Gasteiger partial charge in [0, 0.05) is 32.9 Å². The van der Waals surface area contributed by atoms with E-state index in [0.717, 1.165) is 30.6 Å². The molecule has 1 atom stereocenters. The summed E-state index contributed by atoms with van der Waals surface area (Å²) in [5.41, 5.74) is 2.20. The minimum atomic E-state index is -0.145. The maximum atomic E-state index is 12.2. The summed E-state index contributed by atoms with van der Waals surface area (Å²) in [7, 11) is 4.00. The molecular weight excluding hydrogens is 318 g/mol. The molecule has 0 aliphatic carbocycles. The van der Waals surface area contributed by atoms with Crippen molar-refractivity contribution in [1.29, 1.82) is 0 Å². The third-order valence-electron chi connectivity index (χ3n) is 4.44. The summed E-state index contributed by atoms with van der Waals surface area (Å²) >= 11 is 0. The highest BCUT2D eigenvalue weighted by molar-refractivity contribution is 5.78. The average Bonchev–Trinajstić information content (AvgIpc) is 2.61. The number of carbonyl (C=O) groups is 2. The number of benzene rings is 1. The Kier molecular flexibility index (Phi) is 7.25. The van der Waals surface area contributed by atoms with Crippen molar-refractivity contribution in [3.8, 4) is 0 Å². The summed E-state index contributed by atoms with van der Waals surface area (Å²) in [4.78, 5) is 28.1. The molecule has 0 radical (unpaired) electrons. The Morgan fingerprint density at radius 2 is 2.00 bits per heavy atom. The highest BCUT2D eigenvalue weighted by Crippen LogP contribution is 2.17. The van der Waals surface area contributed by atoms with Crippen LogP contribution in [0.15, 0.2) is 24.3 Å². The van der Waals surface area contributed by atoms with Crippen molar-refractivity contribution in [2.24, 2.45) is 5.92 Å². The van der Waals surface area contributed by atoms with Crippen LogP contribution >= 0.6 is 0 Å². The second-order valence-corrected chi connectivity index (χ2v) is 6.66. The van der Waals surface area contributed by atoms with Gasteiger partial charge in [0.1, 0.15) is 0 Å².